The van der Waals surface area contributed by atoms with Gasteiger partial charge < -0.3 is 15.2 Å². The summed E-state index contributed by atoms with van der Waals surface area (Å²) in [5, 5.41) is 12.1. The van der Waals surface area contributed by atoms with Gasteiger partial charge in [0.2, 0.25) is 0 Å². The van der Waals surface area contributed by atoms with Crippen LogP contribution in [0, 0.1) is 6.92 Å². The lowest BCUT2D eigenvalue weighted by molar-refractivity contribution is 0.0696. The van der Waals surface area contributed by atoms with Gasteiger partial charge in [0.1, 0.15) is 5.75 Å². The van der Waals surface area contributed by atoms with Crippen LogP contribution in [0.25, 0.3) is 0 Å². The van der Waals surface area contributed by atoms with Crippen molar-refractivity contribution in [2.24, 2.45) is 0 Å². The molecule has 0 aliphatic carbocycles. The van der Waals surface area contributed by atoms with Gasteiger partial charge in [-0.1, -0.05) is 17.7 Å². The molecule has 2 aromatic rings. The molecule has 0 radical (unpaired) electrons. The van der Waals surface area contributed by atoms with Crippen molar-refractivity contribution < 1.29 is 19.4 Å². The zero-order chi connectivity index (χ0) is 16.3. The Morgan fingerprint density at radius 2 is 1.82 bits per heavy atom. The summed E-state index contributed by atoms with van der Waals surface area (Å²) >= 11 is 6.00. The average Bonchev–Trinajstić information content (AvgIpc) is 2.49. The smallest absolute Gasteiger partial charge is 0.335 e. The van der Waals surface area contributed by atoms with Gasteiger partial charge in [0.05, 0.1) is 18.4 Å². The number of hydrogen-bond donors (Lipinski definition) is 2. The van der Waals surface area contributed by atoms with Crippen molar-refractivity contribution in [1.29, 1.82) is 0 Å². The normalized spacial score (nSPS) is 10.1. The van der Waals surface area contributed by atoms with E-state index < -0.39 is 11.9 Å². The summed E-state index contributed by atoms with van der Waals surface area (Å²) < 4.78 is 5.13. The molecule has 22 heavy (non-hydrogen) atoms. The number of halogens is 1. The first kappa shape index (κ1) is 15.9. The summed E-state index contributed by atoms with van der Waals surface area (Å²) in [6, 6.07) is 9.17. The Bertz CT molecular complexity index is 743. The molecule has 2 rings (SSSR count). The number of anilines is 1. The number of aromatic carboxylic acids is 1. The highest BCUT2D eigenvalue weighted by Crippen LogP contribution is 2.26. The summed E-state index contributed by atoms with van der Waals surface area (Å²) in [6.45, 7) is 1.84. The minimum absolute atomic E-state index is 0.0537. The van der Waals surface area contributed by atoms with E-state index in [1.54, 1.807) is 18.2 Å². The number of carboxylic acids is 1. The fraction of sp³-hybridized carbons (Fsp3) is 0.125. The lowest BCUT2D eigenvalue weighted by Gasteiger charge is -2.11. The van der Waals surface area contributed by atoms with Crippen molar-refractivity contribution in [3.63, 3.8) is 0 Å². The fourth-order valence-corrected chi connectivity index (χ4v) is 2.05. The topological polar surface area (TPSA) is 75.6 Å². The Morgan fingerprint density at radius 1 is 1.14 bits per heavy atom. The third kappa shape index (κ3) is 3.38. The molecule has 0 saturated heterocycles. The molecule has 0 spiro atoms. The number of methoxy groups -OCH3 is 1. The number of hydrogen-bond acceptors (Lipinski definition) is 3. The third-order valence-electron chi connectivity index (χ3n) is 3.13. The van der Waals surface area contributed by atoms with Crippen LogP contribution in [-0.4, -0.2) is 24.1 Å². The lowest BCUT2D eigenvalue weighted by Crippen LogP contribution is -2.13. The molecule has 0 atom stereocenters. The van der Waals surface area contributed by atoms with Crippen molar-refractivity contribution in [3.8, 4) is 5.75 Å². The predicted molar refractivity (Wildman–Crippen MR) is 84.1 cm³/mol. The first-order chi connectivity index (χ1) is 10.4. The number of aryl methyl sites for hydroxylation is 1. The number of amides is 1. The van der Waals surface area contributed by atoms with E-state index in [0.29, 0.717) is 16.3 Å². The maximum atomic E-state index is 12.3. The van der Waals surface area contributed by atoms with Gasteiger partial charge in [0.15, 0.2) is 0 Å². The highest BCUT2D eigenvalue weighted by atomic mass is 35.5. The monoisotopic (exact) mass is 319 g/mol. The molecule has 0 heterocycles. The van der Waals surface area contributed by atoms with Gasteiger partial charge in [0.25, 0.3) is 5.91 Å². The molecule has 0 unspecified atom stereocenters. The van der Waals surface area contributed by atoms with E-state index in [2.05, 4.69) is 5.32 Å². The second kappa shape index (κ2) is 6.49. The molecule has 114 valence electrons. The Kier molecular flexibility index (Phi) is 4.68. The first-order valence-electron chi connectivity index (χ1n) is 6.41. The van der Waals surface area contributed by atoms with E-state index >= 15 is 0 Å². The van der Waals surface area contributed by atoms with Gasteiger partial charge in [-0.2, -0.15) is 0 Å². The number of carbonyl (C=O) groups excluding carboxylic acids is 1. The highest BCUT2D eigenvalue weighted by Gasteiger charge is 2.13. The Hall–Kier alpha value is -2.53. The van der Waals surface area contributed by atoms with Gasteiger partial charge in [-0.05, 0) is 42.8 Å². The average molecular weight is 320 g/mol. The van der Waals surface area contributed by atoms with Gasteiger partial charge in [-0.25, -0.2) is 4.79 Å². The van der Waals surface area contributed by atoms with Crippen molar-refractivity contribution in [3.05, 3.63) is 58.1 Å². The van der Waals surface area contributed by atoms with Crippen LogP contribution in [0.1, 0.15) is 26.3 Å². The molecule has 1 amide bonds. The van der Waals surface area contributed by atoms with Gasteiger partial charge >= 0.3 is 5.97 Å². The molecular formula is C16H14ClNO4. The summed E-state index contributed by atoms with van der Waals surface area (Å²) in [5.41, 5.74) is 1.57. The van der Waals surface area contributed by atoms with Gasteiger partial charge in [0, 0.05) is 10.6 Å². The molecule has 2 N–H and O–H groups in total. The molecule has 0 fully saturated rings. The van der Waals surface area contributed by atoms with Crippen LogP contribution in [0.4, 0.5) is 5.69 Å². The van der Waals surface area contributed by atoms with E-state index in [1.807, 2.05) is 6.92 Å². The first-order valence-corrected chi connectivity index (χ1v) is 6.79. The molecule has 0 aliphatic rings. The summed E-state index contributed by atoms with van der Waals surface area (Å²) in [6.07, 6.45) is 0. The van der Waals surface area contributed by atoms with Crippen LogP contribution in [0.3, 0.4) is 0 Å². The maximum absolute atomic E-state index is 12.3. The maximum Gasteiger partial charge on any atom is 0.335 e. The minimum atomic E-state index is -1.09. The van der Waals surface area contributed by atoms with E-state index in [-0.39, 0.29) is 11.3 Å². The van der Waals surface area contributed by atoms with Crippen molar-refractivity contribution >= 4 is 29.2 Å². The van der Waals surface area contributed by atoms with Crippen LogP contribution in [0.5, 0.6) is 5.75 Å². The van der Waals surface area contributed by atoms with Crippen LogP contribution >= 0.6 is 11.6 Å². The Morgan fingerprint density at radius 3 is 2.41 bits per heavy atom. The molecular weight excluding hydrogens is 306 g/mol. The van der Waals surface area contributed by atoms with Crippen molar-refractivity contribution in [1.82, 2.24) is 0 Å². The van der Waals surface area contributed by atoms with Crippen molar-refractivity contribution in [2.75, 3.05) is 12.4 Å². The molecule has 0 saturated carbocycles. The molecule has 0 aliphatic heterocycles. The van der Waals surface area contributed by atoms with E-state index in [1.165, 1.54) is 25.3 Å². The summed E-state index contributed by atoms with van der Waals surface area (Å²) in [5.74, 6) is -1.11. The van der Waals surface area contributed by atoms with E-state index in [9.17, 15) is 9.59 Å². The Labute approximate surface area is 132 Å². The van der Waals surface area contributed by atoms with Crippen LogP contribution in [-0.2, 0) is 0 Å². The van der Waals surface area contributed by atoms with Crippen LogP contribution in [0.15, 0.2) is 36.4 Å². The quantitative estimate of drug-likeness (QED) is 0.902. The number of carboxylic acid groups (broad SMARTS) is 1. The lowest BCUT2D eigenvalue weighted by atomic mass is 10.1. The highest BCUT2D eigenvalue weighted by molar-refractivity contribution is 6.31. The van der Waals surface area contributed by atoms with E-state index in [0.717, 1.165) is 5.56 Å². The molecule has 2 aromatic carbocycles. The van der Waals surface area contributed by atoms with Crippen molar-refractivity contribution in [2.45, 2.75) is 6.92 Å². The SMILES string of the molecule is COc1ccc(C(=O)O)cc1NC(=O)c1ccc(C)c(Cl)c1. The fourth-order valence-electron chi connectivity index (χ4n) is 1.87. The third-order valence-corrected chi connectivity index (χ3v) is 3.54. The number of benzene rings is 2. The Balaban J connectivity index is 2.32. The zero-order valence-electron chi connectivity index (χ0n) is 12.0. The number of ether oxygens (including phenoxy) is 1. The largest absolute Gasteiger partial charge is 0.495 e. The summed E-state index contributed by atoms with van der Waals surface area (Å²) in [7, 11) is 1.44. The molecule has 6 heteroatoms. The standard InChI is InChI=1S/C16H14ClNO4/c1-9-3-4-10(7-12(9)17)15(19)18-13-8-11(16(20)21)5-6-14(13)22-2/h3-8H,1-2H3,(H,18,19)(H,20,21). The number of nitrogens with one attached hydrogen (secondary N) is 1. The van der Waals surface area contributed by atoms with Gasteiger partial charge in [-0.3, -0.25) is 4.79 Å². The molecule has 0 aromatic heterocycles. The zero-order valence-corrected chi connectivity index (χ0v) is 12.8. The second-order valence-electron chi connectivity index (χ2n) is 4.64. The number of carbonyl (C=O) groups is 2. The second-order valence-corrected chi connectivity index (χ2v) is 5.05. The summed E-state index contributed by atoms with van der Waals surface area (Å²) in [4.78, 5) is 23.3. The molecule has 5 nitrogen and oxygen atoms in total. The predicted octanol–water partition coefficient (Wildman–Crippen LogP) is 3.61. The number of rotatable bonds is 4. The van der Waals surface area contributed by atoms with Crippen LogP contribution in [0.2, 0.25) is 5.02 Å². The molecule has 0 bridgehead atoms. The van der Waals surface area contributed by atoms with Gasteiger partial charge in [-0.15, -0.1) is 0 Å². The van der Waals surface area contributed by atoms with E-state index in [4.69, 9.17) is 21.4 Å². The minimum Gasteiger partial charge on any atom is -0.495 e. The van der Waals surface area contributed by atoms with Crippen LogP contribution < -0.4 is 10.1 Å².